The van der Waals surface area contributed by atoms with Crippen molar-refractivity contribution in [2.24, 2.45) is 5.92 Å². The van der Waals surface area contributed by atoms with Crippen LogP contribution in [-0.4, -0.2) is 53.4 Å². The number of piperidine rings is 1. The molecular weight excluding hydrogens is 406 g/mol. The van der Waals surface area contributed by atoms with Gasteiger partial charge in [-0.05, 0) is 55.2 Å². The molecular formula is C25H27N3O4. The highest BCUT2D eigenvalue weighted by Crippen LogP contribution is 2.27. The zero-order valence-corrected chi connectivity index (χ0v) is 18.4. The van der Waals surface area contributed by atoms with Crippen LogP contribution in [0.4, 0.5) is 0 Å². The van der Waals surface area contributed by atoms with Crippen molar-refractivity contribution in [3.05, 3.63) is 66.4 Å². The Kier molecular flexibility index (Phi) is 6.54. The Morgan fingerprint density at radius 1 is 1.03 bits per heavy atom. The zero-order valence-electron chi connectivity index (χ0n) is 18.4. The van der Waals surface area contributed by atoms with Gasteiger partial charge < -0.3 is 14.4 Å². The quantitative estimate of drug-likeness (QED) is 0.550. The van der Waals surface area contributed by atoms with Crippen LogP contribution in [0.1, 0.15) is 30.1 Å². The first-order valence-electron chi connectivity index (χ1n) is 10.8. The van der Waals surface area contributed by atoms with Gasteiger partial charge in [0.2, 0.25) is 5.91 Å². The third-order valence-corrected chi connectivity index (χ3v) is 5.83. The number of carbonyl (C=O) groups excluding carboxylic acids is 2. The van der Waals surface area contributed by atoms with E-state index in [4.69, 9.17) is 9.47 Å². The number of hydrogen-bond acceptors (Lipinski definition) is 5. The van der Waals surface area contributed by atoms with E-state index in [-0.39, 0.29) is 11.8 Å². The molecule has 0 spiro atoms. The van der Waals surface area contributed by atoms with Crippen molar-refractivity contribution in [2.75, 3.05) is 26.8 Å². The summed E-state index contributed by atoms with van der Waals surface area (Å²) in [6.45, 7) is 3.34. The number of likely N-dealkylation sites (tertiary alicyclic amines) is 1. The largest absolute Gasteiger partial charge is 0.497 e. The number of hydrogen-bond donors (Lipinski definition) is 0. The first-order chi connectivity index (χ1) is 15.5. The molecule has 0 unspecified atom stereocenters. The van der Waals surface area contributed by atoms with E-state index in [9.17, 15) is 9.59 Å². The SMILES string of the molecule is COc1ccc(-c2nn(-c3ccccc3)cc2C(=O)OCC2CCN(C(C)=O)CC2)cc1. The van der Waals surface area contributed by atoms with Gasteiger partial charge in [0.25, 0.3) is 0 Å². The van der Waals surface area contributed by atoms with Crippen LogP contribution in [0.25, 0.3) is 16.9 Å². The number of para-hydroxylation sites is 1. The summed E-state index contributed by atoms with van der Waals surface area (Å²) in [5.41, 5.74) is 2.65. The van der Waals surface area contributed by atoms with Crippen molar-refractivity contribution in [3.8, 4) is 22.7 Å². The number of amides is 1. The molecule has 7 heteroatoms. The summed E-state index contributed by atoms with van der Waals surface area (Å²) in [4.78, 5) is 26.4. The van der Waals surface area contributed by atoms with E-state index in [0.29, 0.717) is 31.0 Å². The fourth-order valence-electron chi connectivity index (χ4n) is 3.88. The van der Waals surface area contributed by atoms with Gasteiger partial charge in [-0.2, -0.15) is 5.10 Å². The lowest BCUT2D eigenvalue weighted by atomic mass is 9.98. The topological polar surface area (TPSA) is 73.7 Å². The van der Waals surface area contributed by atoms with Gasteiger partial charge >= 0.3 is 5.97 Å². The van der Waals surface area contributed by atoms with Crippen molar-refractivity contribution in [1.29, 1.82) is 0 Å². The number of ether oxygens (including phenoxy) is 2. The molecule has 0 N–H and O–H groups in total. The normalized spacial score (nSPS) is 14.2. The predicted molar refractivity (Wildman–Crippen MR) is 121 cm³/mol. The average Bonchev–Trinajstić information content (AvgIpc) is 3.29. The zero-order chi connectivity index (χ0) is 22.5. The van der Waals surface area contributed by atoms with Crippen LogP contribution in [-0.2, 0) is 9.53 Å². The van der Waals surface area contributed by atoms with Crippen LogP contribution in [0.3, 0.4) is 0 Å². The summed E-state index contributed by atoms with van der Waals surface area (Å²) in [5, 5.41) is 4.68. The third-order valence-electron chi connectivity index (χ3n) is 5.83. The van der Waals surface area contributed by atoms with Crippen LogP contribution in [0.5, 0.6) is 5.75 Å². The van der Waals surface area contributed by atoms with Crippen molar-refractivity contribution in [1.82, 2.24) is 14.7 Å². The monoisotopic (exact) mass is 433 g/mol. The summed E-state index contributed by atoms with van der Waals surface area (Å²) in [5.74, 6) is 0.685. The minimum absolute atomic E-state index is 0.0953. The second kappa shape index (κ2) is 9.68. The Bertz CT molecular complexity index is 1070. The Morgan fingerprint density at radius 2 is 1.72 bits per heavy atom. The Labute approximate surface area is 187 Å². The highest BCUT2D eigenvalue weighted by atomic mass is 16.5. The molecule has 3 aromatic rings. The number of aromatic nitrogens is 2. The van der Waals surface area contributed by atoms with E-state index in [2.05, 4.69) is 5.10 Å². The summed E-state index contributed by atoms with van der Waals surface area (Å²) >= 11 is 0. The molecule has 0 aliphatic carbocycles. The lowest BCUT2D eigenvalue weighted by Crippen LogP contribution is -2.38. The highest BCUT2D eigenvalue weighted by Gasteiger charge is 2.24. The molecule has 166 valence electrons. The minimum atomic E-state index is -0.396. The summed E-state index contributed by atoms with van der Waals surface area (Å²) in [7, 11) is 1.61. The summed E-state index contributed by atoms with van der Waals surface area (Å²) < 4.78 is 12.6. The molecule has 1 aromatic heterocycles. The van der Waals surface area contributed by atoms with Crippen molar-refractivity contribution < 1.29 is 19.1 Å². The molecule has 2 aromatic carbocycles. The molecule has 0 saturated carbocycles. The summed E-state index contributed by atoms with van der Waals surface area (Å²) in [6.07, 6.45) is 3.39. The van der Waals surface area contributed by atoms with Crippen LogP contribution < -0.4 is 4.74 Å². The Hall–Kier alpha value is -3.61. The van der Waals surface area contributed by atoms with Gasteiger partial charge in [-0.3, -0.25) is 4.79 Å². The maximum atomic E-state index is 13.1. The van der Waals surface area contributed by atoms with E-state index in [1.54, 1.807) is 24.9 Å². The third kappa shape index (κ3) is 4.82. The molecule has 2 heterocycles. The molecule has 1 aliphatic rings. The smallest absolute Gasteiger partial charge is 0.342 e. The number of esters is 1. The van der Waals surface area contributed by atoms with E-state index < -0.39 is 5.97 Å². The number of rotatable bonds is 6. The number of nitrogens with zero attached hydrogens (tertiary/aromatic N) is 3. The first-order valence-corrected chi connectivity index (χ1v) is 10.8. The maximum absolute atomic E-state index is 13.1. The first kappa shape index (κ1) is 21.6. The fraction of sp³-hybridized carbons (Fsp3) is 0.320. The van der Waals surface area contributed by atoms with Gasteiger partial charge in [-0.1, -0.05) is 18.2 Å². The van der Waals surface area contributed by atoms with E-state index in [1.165, 1.54) is 0 Å². The highest BCUT2D eigenvalue weighted by molar-refractivity contribution is 5.96. The molecule has 0 atom stereocenters. The van der Waals surface area contributed by atoms with Gasteiger partial charge in [0.15, 0.2) is 0 Å². The number of benzene rings is 2. The second-order valence-electron chi connectivity index (χ2n) is 7.95. The van der Waals surface area contributed by atoms with Gasteiger partial charge in [-0.25, -0.2) is 9.48 Å². The summed E-state index contributed by atoms with van der Waals surface area (Å²) in [6, 6.07) is 17.1. The average molecular weight is 434 g/mol. The van der Waals surface area contributed by atoms with Gasteiger partial charge in [-0.15, -0.1) is 0 Å². The lowest BCUT2D eigenvalue weighted by molar-refractivity contribution is -0.130. The second-order valence-corrected chi connectivity index (χ2v) is 7.95. The maximum Gasteiger partial charge on any atom is 0.342 e. The fourth-order valence-corrected chi connectivity index (χ4v) is 3.88. The molecule has 0 radical (unpaired) electrons. The number of carbonyl (C=O) groups is 2. The van der Waals surface area contributed by atoms with E-state index in [0.717, 1.165) is 29.8 Å². The molecule has 32 heavy (non-hydrogen) atoms. The van der Waals surface area contributed by atoms with Crippen molar-refractivity contribution >= 4 is 11.9 Å². The molecule has 1 fully saturated rings. The van der Waals surface area contributed by atoms with E-state index in [1.807, 2.05) is 59.5 Å². The number of methoxy groups -OCH3 is 1. The van der Waals surface area contributed by atoms with Crippen LogP contribution in [0, 0.1) is 5.92 Å². The van der Waals surface area contributed by atoms with Crippen LogP contribution >= 0.6 is 0 Å². The van der Waals surface area contributed by atoms with Crippen molar-refractivity contribution in [3.63, 3.8) is 0 Å². The molecule has 7 nitrogen and oxygen atoms in total. The van der Waals surface area contributed by atoms with Crippen molar-refractivity contribution in [2.45, 2.75) is 19.8 Å². The Morgan fingerprint density at radius 3 is 2.34 bits per heavy atom. The molecule has 1 aliphatic heterocycles. The van der Waals surface area contributed by atoms with Gasteiger partial charge in [0.05, 0.1) is 19.4 Å². The standard InChI is InChI=1S/C25H27N3O4/c1-18(29)27-14-12-19(13-15-27)17-32-25(30)23-16-28(21-6-4-3-5-7-21)26-24(23)20-8-10-22(31-2)11-9-20/h3-11,16,19H,12-15,17H2,1-2H3. The van der Waals surface area contributed by atoms with Crippen LogP contribution in [0.2, 0.25) is 0 Å². The minimum Gasteiger partial charge on any atom is -0.497 e. The molecule has 1 amide bonds. The van der Waals surface area contributed by atoms with E-state index >= 15 is 0 Å². The molecule has 0 bridgehead atoms. The molecule has 4 rings (SSSR count). The van der Waals surface area contributed by atoms with Gasteiger partial charge in [0.1, 0.15) is 17.0 Å². The Balaban J connectivity index is 1.54. The van der Waals surface area contributed by atoms with Gasteiger partial charge in [0, 0.05) is 31.8 Å². The molecule has 1 saturated heterocycles. The predicted octanol–water partition coefficient (Wildman–Crippen LogP) is 3.96. The lowest BCUT2D eigenvalue weighted by Gasteiger charge is -2.30. The van der Waals surface area contributed by atoms with Crippen LogP contribution in [0.15, 0.2) is 60.8 Å².